The summed E-state index contributed by atoms with van der Waals surface area (Å²) in [6, 6.07) is 11.4. The van der Waals surface area contributed by atoms with Crippen LogP contribution in [-0.2, 0) is 5.75 Å². The van der Waals surface area contributed by atoms with Gasteiger partial charge in [-0.2, -0.15) is 0 Å². The summed E-state index contributed by atoms with van der Waals surface area (Å²) in [7, 11) is 0. The molecule has 0 saturated carbocycles. The molecule has 0 saturated heterocycles. The Labute approximate surface area is 103 Å². The third kappa shape index (κ3) is 3.12. The first-order chi connectivity index (χ1) is 7.74. The van der Waals surface area contributed by atoms with Gasteiger partial charge in [0.05, 0.1) is 0 Å². The molecule has 0 aliphatic carbocycles. The van der Waals surface area contributed by atoms with E-state index in [1.54, 1.807) is 17.8 Å². The predicted octanol–water partition coefficient (Wildman–Crippen LogP) is 3.00. The molecule has 0 spiro atoms. The molecule has 0 aliphatic heterocycles. The lowest BCUT2D eigenvalue weighted by Gasteiger charge is -2.01. The lowest BCUT2D eigenvalue weighted by Crippen LogP contribution is -1.93. The molecule has 1 aromatic carbocycles. The van der Waals surface area contributed by atoms with Gasteiger partial charge >= 0.3 is 0 Å². The Balaban J connectivity index is 1.99. The van der Waals surface area contributed by atoms with Crippen LogP contribution in [0.1, 0.15) is 5.56 Å². The Morgan fingerprint density at radius 1 is 1.19 bits per heavy atom. The van der Waals surface area contributed by atoms with Crippen molar-refractivity contribution in [2.24, 2.45) is 0 Å². The van der Waals surface area contributed by atoms with E-state index < -0.39 is 0 Å². The van der Waals surface area contributed by atoms with Crippen molar-refractivity contribution in [1.29, 1.82) is 0 Å². The number of hydrogen-bond acceptors (Lipinski definition) is 4. The lowest BCUT2D eigenvalue weighted by atomic mass is 10.2. The highest BCUT2D eigenvalue weighted by atomic mass is 35.5. The molecule has 2 rings (SSSR count). The molecule has 5 heteroatoms. The van der Waals surface area contributed by atoms with E-state index in [9.17, 15) is 0 Å². The third-order valence-corrected chi connectivity index (χ3v) is 3.16. The fourth-order valence-electron chi connectivity index (χ4n) is 1.19. The van der Waals surface area contributed by atoms with Crippen LogP contribution in [0.15, 0.2) is 41.4 Å². The van der Waals surface area contributed by atoms with Crippen molar-refractivity contribution in [2.45, 2.75) is 10.8 Å². The number of nitrogens with zero attached hydrogens (tertiary/aromatic N) is 2. The van der Waals surface area contributed by atoms with Gasteiger partial charge in [0.1, 0.15) is 10.8 Å². The number of thioether (sulfide) groups is 1. The molecule has 82 valence electrons. The molecule has 0 amide bonds. The van der Waals surface area contributed by atoms with Crippen molar-refractivity contribution in [1.82, 2.24) is 10.2 Å². The molecule has 2 N–H and O–H groups in total. The maximum absolute atomic E-state index is 5.89. The molecule has 3 nitrogen and oxygen atoms in total. The van der Waals surface area contributed by atoms with Crippen LogP contribution < -0.4 is 5.73 Å². The Bertz CT molecular complexity index is 473. The molecule has 16 heavy (non-hydrogen) atoms. The van der Waals surface area contributed by atoms with E-state index in [2.05, 4.69) is 10.2 Å². The first-order valence-electron chi connectivity index (χ1n) is 4.70. The highest BCUT2D eigenvalue weighted by Crippen LogP contribution is 2.22. The van der Waals surface area contributed by atoms with Crippen molar-refractivity contribution in [3.8, 4) is 0 Å². The first-order valence-corrected chi connectivity index (χ1v) is 6.07. The number of hydrogen-bond donors (Lipinski definition) is 1. The van der Waals surface area contributed by atoms with E-state index in [1.165, 1.54) is 0 Å². The monoisotopic (exact) mass is 251 g/mol. The van der Waals surface area contributed by atoms with E-state index in [-0.39, 0.29) is 0 Å². The van der Waals surface area contributed by atoms with Gasteiger partial charge in [0.2, 0.25) is 0 Å². The van der Waals surface area contributed by atoms with Gasteiger partial charge in [0, 0.05) is 10.8 Å². The van der Waals surface area contributed by atoms with Gasteiger partial charge in [-0.3, -0.25) is 0 Å². The highest BCUT2D eigenvalue weighted by Gasteiger charge is 1.99. The number of halogens is 1. The average Bonchev–Trinajstić information content (AvgIpc) is 2.28. The summed E-state index contributed by atoms with van der Waals surface area (Å²) in [5.41, 5.74) is 6.62. The molecular weight excluding hydrogens is 242 g/mol. The molecule has 1 heterocycles. The van der Waals surface area contributed by atoms with E-state index in [0.29, 0.717) is 5.82 Å². The summed E-state index contributed by atoms with van der Waals surface area (Å²) in [6.45, 7) is 0. The number of rotatable bonds is 3. The van der Waals surface area contributed by atoms with Crippen molar-refractivity contribution in [2.75, 3.05) is 5.73 Å². The van der Waals surface area contributed by atoms with Crippen LogP contribution in [0.25, 0.3) is 0 Å². The topological polar surface area (TPSA) is 51.8 Å². The van der Waals surface area contributed by atoms with Crippen molar-refractivity contribution in [3.63, 3.8) is 0 Å². The maximum Gasteiger partial charge on any atom is 0.146 e. The normalized spacial score (nSPS) is 10.3. The Morgan fingerprint density at radius 3 is 2.75 bits per heavy atom. The summed E-state index contributed by atoms with van der Waals surface area (Å²) < 4.78 is 0. The lowest BCUT2D eigenvalue weighted by molar-refractivity contribution is 0.938. The van der Waals surface area contributed by atoms with Gasteiger partial charge in [0.25, 0.3) is 0 Å². The number of nitrogens with two attached hydrogens (primary N) is 1. The van der Waals surface area contributed by atoms with Crippen molar-refractivity contribution in [3.05, 3.63) is 47.0 Å². The predicted molar refractivity (Wildman–Crippen MR) is 67.5 cm³/mol. The summed E-state index contributed by atoms with van der Waals surface area (Å²) in [4.78, 5) is 0. The Hall–Kier alpha value is -1.26. The molecule has 1 aromatic heterocycles. The van der Waals surface area contributed by atoms with E-state index in [0.717, 1.165) is 21.4 Å². The Kier molecular flexibility index (Phi) is 3.64. The fraction of sp³-hybridized carbons (Fsp3) is 0.0909. The summed E-state index contributed by atoms with van der Waals surface area (Å²) in [5.74, 6) is 1.26. The molecule has 0 fully saturated rings. The second kappa shape index (κ2) is 5.18. The molecular formula is C11H10ClN3S. The summed E-state index contributed by atoms with van der Waals surface area (Å²) >= 11 is 7.50. The number of nitrogen functional groups attached to an aromatic ring is 1. The average molecular weight is 252 g/mol. The minimum Gasteiger partial charge on any atom is -0.382 e. The highest BCUT2D eigenvalue weighted by molar-refractivity contribution is 7.98. The van der Waals surface area contributed by atoms with E-state index >= 15 is 0 Å². The van der Waals surface area contributed by atoms with Crippen molar-refractivity contribution >= 4 is 29.2 Å². The zero-order valence-electron chi connectivity index (χ0n) is 8.43. The minimum atomic E-state index is 0.437. The van der Waals surface area contributed by atoms with Crippen LogP contribution in [0.2, 0.25) is 5.02 Å². The van der Waals surface area contributed by atoms with Gasteiger partial charge in [-0.15, -0.1) is 10.2 Å². The van der Waals surface area contributed by atoms with Crippen LogP contribution in [0.5, 0.6) is 0 Å². The minimum absolute atomic E-state index is 0.437. The van der Waals surface area contributed by atoms with Gasteiger partial charge in [-0.1, -0.05) is 35.5 Å². The molecule has 0 aliphatic rings. The van der Waals surface area contributed by atoms with Gasteiger partial charge in [-0.05, 0) is 29.8 Å². The quantitative estimate of drug-likeness (QED) is 0.852. The molecule has 2 aromatic rings. The summed E-state index contributed by atoms with van der Waals surface area (Å²) in [5, 5.41) is 9.37. The maximum atomic E-state index is 5.89. The Morgan fingerprint density at radius 2 is 2.06 bits per heavy atom. The molecule has 0 bridgehead atoms. The zero-order chi connectivity index (χ0) is 11.4. The SMILES string of the molecule is Nc1ccc(SCc2cccc(Cl)c2)nn1. The molecule has 0 unspecified atom stereocenters. The van der Waals surface area contributed by atoms with Crippen LogP contribution in [-0.4, -0.2) is 10.2 Å². The second-order valence-corrected chi connectivity index (χ2v) is 4.65. The van der Waals surface area contributed by atoms with E-state index in [4.69, 9.17) is 17.3 Å². The largest absolute Gasteiger partial charge is 0.382 e. The third-order valence-electron chi connectivity index (χ3n) is 1.94. The van der Waals surface area contributed by atoms with Gasteiger partial charge < -0.3 is 5.73 Å². The van der Waals surface area contributed by atoms with Crippen LogP contribution in [0, 0.1) is 0 Å². The fourth-order valence-corrected chi connectivity index (χ4v) is 2.16. The molecule has 0 atom stereocenters. The standard InChI is InChI=1S/C11H10ClN3S/c12-9-3-1-2-8(6-9)7-16-11-5-4-10(13)14-15-11/h1-6H,7H2,(H2,13,14). The van der Waals surface area contributed by atoms with Gasteiger partial charge in [-0.25, -0.2) is 0 Å². The zero-order valence-corrected chi connectivity index (χ0v) is 10.0. The van der Waals surface area contributed by atoms with Crippen LogP contribution in [0.3, 0.4) is 0 Å². The van der Waals surface area contributed by atoms with Crippen molar-refractivity contribution < 1.29 is 0 Å². The summed E-state index contributed by atoms with van der Waals surface area (Å²) in [6.07, 6.45) is 0. The first kappa shape index (κ1) is 11.2. The number of anilines is 1. The molecule has 0 radical (unpaired) electrons. The number of aromatic nitrogens is 2. The number of benzene rings is 1. The van der Waals surface area contributed by atoms with Gasteiger partial charge in [0.15, 0.2) is 0 Å². The second-order valence-electron chi connectivity index (χ2n) is 3.22. The van der Waals surface area contributed by atoms with Crippen LogP contribution in [0.4, 0.5) is 5.82 Å². The smallest absolute Gasteiger partial charge is 0.146 e. The van der Waals surface area contributed by atoms with Crippen LogP contribution >= 0.6 is 23.4 Å². The van der Waals surface area contributed by atoms with E-state index in [1.807, 2.05) is 30.3 Å².